The second kappa shape index (κ2) is 15.9. The number of sulfonamides is 1. The fraction of sp³-hybridized carbons (Fsp3) is 0.394. The molecular weight excluding hydrogens is 597 g/mol. The topological polar surface area (TPSA) is 154 Å². The molecule has 0 bridgehead atoms. The maximum atomic E-state index is 13.7. The minimum Gasteiger partial charge on any atom is -0.399 e. The molecule has 0 radical (unpaired) electrons. The summed E-state index contributed by atoms with van der Waals surface area (Å²) in [7, 11) is -3.98. The summed E-state index contributed by atoms with van der Waals surface area (Å²) in [5.41, 5.74) is 6.95. The molecule has 0 fully saturated rings. The van der Waals surface area contributed by atoms with Gasteiger partial charge in [-0.2, -0.15) is 4.31 Å². The molecule has 0 aliphatic rings. The van der Waals surface area contributed by atoms with E-state index in [1.54, 1.807) is 12.1 Å². The first-order chi connectivity index (χ1) is 21.2. The molecule has 3 rings (SSSR count). The van der Waals surface area contributed by atoms with Gasteiger partial charge >= 0.3 is 0 Å². The van der Waals surface area contributed by atoms with E-state index in [2.05, 4.69) is 16.0 Å². The van der Waals surface area contributed by atoms with Crippen LogP contribution in [0, 0.1) is 11.7 Å². The number of amides is 2. The highest BCUT2D eigenvalue weighted by atomic mass is 32.2. The van der Waals surface area contributed by atoms with Crippen LogP contribution >= 0.6 is 0 Å². The zero-order valence-corrected chi connectivity index (χ0v) is 27.0. The third-order valence-electron chi connectivity index (χ3n) is 7.27. The number of carbonyl (C=O) groups excluding carboxylic acids is 2. The van der Waals surface area contributed by atoms with Crippen molar-refractivity contribution in [3.63, 3.8) is 0 Å². The van der Waals surface area contributed by atoms with Gasteiger partial charge in [-0.1, -0.05) is 56.3 Å². The molecule has 10 nitrogen and oxygen atoms in total. The molecule has 0 spiro atoms. The third-order valence-corrected chi connectivity index (χ3v) is 9.12. The van der Waals surface area contributed by atoms with Crippen molar-refractivity contribution in [3.8, 4) is 0 Å². The Morgan fingerprint density at radius 3 is 2.22 bits per heavy atom. The molecule has 0 saturated carbocycles. The number of nitrogen functional groups attached to an aromatic ring is 1. The Bertz CT molecular complexity index is 1520. The number of nitrogens with zero attached hydrogens (tertiary/aromatic N) is 1. The van der Waals surface area contributed by atoms with Gasteiger partial charge in [-0.15, -0.1) is 0 Å². The van der Waals surface area contributed by atoms with E-state index in [1.807, 2.05) is 58.0 Å². The van der Waals surface area contributed by atoms with E-state index in [1.165, 1.54) is 40.7 Å². The van der Waals surface area contributed by atoms with E-state index in [-0.39, 0.29) is 49.2 Å². The standard InChI is InChI=1S/C33H44FN5O5S/c1-23(2)21-39(45(43,44)28-15-13-27(35)14-16-28)22-30(40)29(17-24-9-6-5-7-10-24)38-32(42)19-36-31(41)20-37-33(3,4)25-11-8-12-26(34)18-25/h5-16,18,23,29-30,37,40H,17,19-22,35H2,1-4H3,(H,36,41)(H,38,42)/t29-,30+/m0/s1. The highest BCUT2D eigenvalue weighted by Crippen LogP contribution is 2.21. The number of benzene rings is 3. The van der Waals surface area contributed by atoms with Crippen molar-refractivity contribution in [1.29, 1.82) is 0 Å². The van der Waals surface area contributed by atoms with Crippen molar-refractivity contribution in [2.75, 3.05) is 31.9 Å². The predicted molar refractivity (Wildman–Crippen MR) is 173 cm³/mol. The molecule has 0 aliphatic heterocycles. The summed E-state index contributed by atoms with van der Waals surface area (Å²) < 4.78 is 42.0. The van der Waals surface area contributed by atoms with Crippen LogP contribution in [0.4, 0.5) is 10.1 Å². The normalized spacial score (nSPS) is 13.4. The first-order valence-corrected chi connectivity index (χ1v) is 16.3. The first-order valence-electron chi connectivity index (χ1n) is 14.8. The largest absolute Gasteiger partial charge is 0.399 e. The first kappa shape index (κ1) is 35.6. The number of aliphatic hydroxyl groups is 1. The number of nitrogens with two attached hydrogens (primary N) is 1. The molecule has 0 saturated heterocycles. The summed E-state index contributed by atoms with van der Waals surface area (Å²) in [5, 5.41) is 19.8. The maximum absolute atomic E-state index is 13.7. The molecule has 45 heavy (non-hydrogen) atoms. The van der Waals surface area contributed by atoms with E-state index >= 15 is 0 Å². The van der Waals surface area contributed by atoms with Crippen LogP contribution in [0.25, 0.3) is 0 Å². The van der Waals surface area contributed by atoms with Gasteiger partial charge < -0.3 is 21.5 Å². The highest BCUT2D eigenvalue weighted by molar-refractivity contribution is 7.89. The molecule has 244 valence electrons. The smallest absolute Gasteiger partial charge is 0.243 e. The predicted octanol–water partition coefficient (Wildman–Crippen LogP) is 2.78. The van der Waals surface area contributed by atoms with Crippen LogP contribution in [0.2, 0.25) is 0 Å². The van der Waals surface area contributed by atoms with Crippen molar-refractivity contribution in [2.45, 2.75) is 56.7 Å². The molecule has 3 aromatic rings. The van der Waals surface area contributed by atoms with Gasteiger partial charge in [0.15, 0.2) is 0 Å². The molecule has 12 heteroatoms. The van der Waals surface area contributed by atoms with Crippen LogP contribution in [0.1, 0.15) is 38.8 Å². The zero-order chi connectivity index (χ0) is 33.2. The molecule has 0 aliphatic carbocycles. The Kier molecular flexibility index (Phi) is 12.6. The van der Waals surface area contributed by atoms with Crippen LogP contribution in [-0.4, -0.2) is 68.0 Å². The Morgan fingerprint density at radius 1 is 0.933 bits per heavy atom. The van der Waals surface area contributed by atoms with Gasteiger partial charge in [0, 0.05) is 24.3 Å². The average Bonchev–Trinajstić information content (AvgIpc) is 2.99. The quantitative estimate of drug-likeness (QED) is 0.151. The van der Waals surface area contributed by atoms with Gasteiger partial charge in [-0.25, -0.2) is 12.8 Å². The van der Waals surface area contributed by atoms with E-state index in [9.17, 15) is 27.5 Å². The van der Waals surface area contributed by atoms with Crippen molar-refractivity contribution < 1.29 is 27.5 Å². The second-order valence-electron chi connectivity index (χ2n) is 12.0. The van der Waals surface area contributed by atoms with E-state index in [0.717, 1.165) is 5.56 Å². The van der Waals surface area contributed by atoms with Gasteiger partial charge in [0.25, 0.3) is 0 Å². The monoisotopic (exact) mass is 641 g/mol. The highest BCUT2D eigenvalue weighted by Gasteiger charge is 2.31. The van der Waals surface area contributed by atoms with Crippen LogP contribution in [0.3, 0.4) is 0 Å². The van der Waals surface area contributed by atoms with Gasteiger partial charge in [0.05, 0.1) is 30.1 Å². The molecule has 0 heterocycles. The number of hydrogen-bond donors (Lipinski definition) is 5. The number of nitrogens with one attached hydrogen (secondary N) is 3. The van der Waals surface area contributed by atoms with Crippen molar-refractivity contribution in [2.24, 2.45) is 5.92 Å². The summed E-state index contributed by atoms with van der Waals surface area (Å²) in [6.45, 7) is 6.76. The fourth-order valence-electron chi connectivity index (χ4n) is 4.73. The number of carbonyl (C=O) groups is 2. The fourth-order valence-corrected chi connectivity index (χ4v) is 6.36. The second-order valence-corrected chi connectivity index (χ2v) is 13.9. The number of rotatable bonds is 16. The number of aliphatic hydroxyl groups excluding tert-OH is 1. The molecular formula is C33H44FN5O5S. The van der Waals surface area contributed by atoms with E-state index in [4.69, 9.17) is 5.73 Å². The number of halogens is 1. The van der Waals surface area contributed by atoms with Crippen LogP contribution in [-0.2, 0) is 31.6 Å². The van der Waals surface area contributed by atoms with Crippen molar-refractivity contribution in [1.82, 2.24) is 20.3 Å². The third kappa shape index (κ3) is 10.9. The lowest BCUT2D eigenvalue weighted by Crippen LogP contribution is -2.53. The molecule has 2 atom stereocenters. The summed E-state index contributed by atoms with van der Waals surface area (Å²) in [5.74, 6) is -1.43. The average molecular weight is 642 g/mol. The molecule has 2 amide bonds. The number of hydrogen-bond acceptors (Lipinski definition) is 7. The van der Waals surface area contributed by atoms with Crippen LogP contribution in [0.15, 0.2) is 83.8 Å². The van der Waals surface area contributed by atoms with Crippen LogP contribution in [0.5, 0.6) is 0 Å². The summed E-state index contributed by atoms with van der Waals surface area (Å²) in [6.07, 6.45) is -1.05. The summed E-state index contributed by atoms with van der Waals surface area (Å²) >= 11 is 0. The zero-order valence-electron chi connectivity index (χ0n) is 26.2. The molecule has 0 unspecified atom stereocenters. The van der Waals surface area contributed by atoms with Gasteiger partial charge in [0.2, 0.25) is 21.8 Å². The molecule has 6 N–H and O–H groups in total. The Balaban J connectivity index is 1.68. The molecule has 3 aromatic carbocycles. The van der Waals surface area contributed by atoms with E-state index in [0.29, 0.717) is 11.3 Å². The Morgan fingerprint density at radius 2 is 1.60 bits per heavy atom. The Labute approximate surface area is 265 Å². The van der Waals surface area contributed by atoms with E-state index < -0.39 is 39.5 Å². The minimum absolute atomic E-state index is 0.0439. The van der Waals surface area contributed by atoms with Crippen molar-refractivity contribution >= 4 is 27.5 Å². The summed E-state index contributed by atoms with van der Waals surface area (Å²) in [4.78, 5) is 25.6. The van der Waals surface area contributed by atoms with Gasteiger partial charge in [-0.3, -0.25) is 14.9 Å². The maximum Gasteiger partial charge on any atom is 0.243 e. The molecule has 0 aromatic heterocycles. The van der Waals surface area contributed by atoms with Gasteiger partial charge in [0.1, 0.15) is 5.82 Å². The summed E-state index contributed by atoms with van der Waals surface area (Å²) in [6, 6.07) is 20.2. The minimum atomic E-state index is -3.98. The lowest BCUT2D eigenvalue weighted by molar-refractivity contribution is -0.126. The Hall–Kier alpha value is -3.84. The van der Waals surface area contributed by atoms with Gasteiger partial charge in [-0.05, 0) is 73.7 Å². The number of anilines is 1. The van der Waals surface area contributed by atoms with Crippen molar-refractivity contribution in [3.05, 3.63) is 95.8 Å². The van der Waals surface area contributed by atoms with Crippen LogP contribution < -0.4 is 21.7 Å². The lowest BCUT2D eigenvalue weighted by Gasteiger charge is -2.31. The SMILES string of the molecule is CC(C)CN(C[C@@H](O)[C@H](Cc1ccccc1)NC(=O)CNC(=O)CNC(C)(C)c1cccc(F)c1)S(=O)(=O)c1ccc(N)cc1. The lowest BCUT2D eigenvalue weighted by atomic mass is 9.94.